The molecule has 0 radical (unpaired) electrons. The van der Waals surface area contributed by atoms with E-state index in [0.717, 1.165) is 24.2 Å². The highest BCUT2D eigenvalue weighted by Crippen LogP contribution is 2.24. The quantitative estimate of drug-likeness (QED) is 0.144. The summed E-state index contributed by atoms with van der Waals surface area (Å²) in [4.78, 5) is 0. The van der Waals surface area contributed by atoms with Gasteiger partial charge in [0.2, 0.25) is 0 Å². The van der Waals surface area contributed by atoms with Gasteiger partial charge in [-0.3, -0.25) is 0 Å². The van der Waals surface area contributed by atoms with Crippen molar-refractivity contribution in [2.75, 3.05) is 13.9 Å². The van der Waals surface area contributed by atoms with Crippen LogP contribution in [0, 0.1) is 5.92 Å². The van der Waals surface area contributed by atoms with E-state index in [2.05, 4.69) is 50.8 Å². The van der Waals surface area contributed by atoms with E-state index in [1.54, 1.807) is 7.11 Å². The molecule has 0 saturated carbocycles. The van der Waals surface area contributed by atoms with Gasteiger partial charge in [0.15, 0.2) is 0 Å². The summed E-state index contributed by atoms with van der Waals surface area (Å²) in [6.45, 7) is 9.72. The van der Waals surface area contributed by atoms with Crippen LogP contribution in [0.25, 0.3) is 0 Å². The Bertz CT molecular complexity index is 739. The van der Waals surface area contributed by atoms with Gasteiger partial charge in [-0.05, 0) is 54.0 Å². The maximum absolute atomic E-state index is 6.25. The first kappa shape index (κ1) is 26.2. The van der Waals surface area contributed by atoms with Crippen molar-refractivity contribution < 1.29 is 14.2 Å². The second-order valence-corrected chi connectivity index (χ2v) is 8.74. The molecule has 0 amide bonds. The predicted molar refractivity (Wildman–Crippen MR) is 134 cm³/mol. The van der Waals surface area contributed by atoms with Crippen molar-refractivity contribution >= 4 is 0 Å². The molecule has 0 aromatic heterocycles. The van der Waals surface area contributed by atoms with Crippen LogP contribution in [-0.4, -0.2) is 20.0 Å². The first-order valence-electron chi connectivity index (χ1n) is 12.2. The van der Waals surface area contributed by atoms with Gasteiger partial charge in [0.1, 0.15) is 12.5 Å². The molecule has 0 unspecified atom stereocenters. The summed E-state index contributed by atoms with van der Waals surface area (Å²) < 4.78 is 17.3. The fraction of sp³-hybridized carbons (Fsp3) is 0.517. The number of hydrogen-bond donors (Lipinski definition) is 0. The molecule has 2 atom stereocenters. The van der Waals surface area contributed by atoms with Crippen LogP contribution in [0.15, 0.2) is 66.7 Å². The van der Waals surface area contributed by atoms with E-state index in [-0.39, 0.29) is 12.9 Å². The molecule has 0 N–H and O–H groups in total. The number of ether oxygens (including phenoxy) is 3. The largest absolute Gasteiger partial charge is 0.497 e. The number of unbranched alkanes of at least 4 members (excludes halogenated alkanes) is 5. The smallest absolute Gasteiger partial charge is 0.147 e. The monoisotopic (exact) mass is 438 g/mol. The van der Waals surface area contributed by atoms with Crippen LogP contribution in [0.5, 0.6) is 5.75 Å². The highest BCUT2D eigenvalue weighted by molar-refractivity contribution is 5.26. The number of hydrogen-bond acceptors (Lipinski definition) is 3. The zero-order chi connectivity index (χ0) is 23.0. The lowest BCUT2D eigenvalue weighted by atomic mass is 9.89. The van der Waals surface area contributed by atoms with Crippen molar-refractivity contribution in [2.45, 2.75) is 77.9 Å². The summed E-state index contributed by atoms with van der Waals surface area (Å²) >= 11 is 0. The molecule has 32 heavy (non-hydrogen) atoms. The minimum Gasteiger partial charge on any atom is -0.497 e. The van der Waals surface area contributed by atoms with E-state index in [0.29, 0.717) is 12.5 Å². The maximum atomic E-state index is 6.25. The van der Waals surface area contributed by atoms with Crippen LogP contribution in [0.3, 0.4) is 0 Å². The minimum absolute atomic E-state index is 0.00159. The molecule has 0 fully saturated rings. The molecule has 0 aliphatic heterocycles. The van der Waals surface area contributed by atoms with E-state index in [1.807, 2.05) is 24.3 Å². The summed E-state index contributed by atoms with van der Waals surface area (Å²) in [7, 11) is 1.67. The molecule has 2 aromatic carbocycles. The number of benzene rings is 2. The van der Waals surface area contributed by atoms with Gasteiger partial charge in [-0.1, -0.05) is 95.0 Å². The molecule has 0 aliphatic rings. The average Bonchev–Trinajstić information content (AvgIpc) is 2.82. The van der Waals surface area contributed by atoms with Crippen molar-refractivity contribution in [2.24, 2.45) is 5.92 Å². The molecule has 3 nitrogen and oxygen atoms in total. The Morgan fingerprint density at radius 1 is 0.875 bits per heavy atom. The van der Waals surface area contributed by atoms with E-state index >= 15 is 0 Å². The van der Waals surface area contributed by atoms with Crippen LogP contribution in [0.4, 0.5) is 0 Å². The molecule has 176 valence electrons. The molecular weight excluding hydrogens is 396 g/mol. The first-order valence-corrected chi connectivity index (χ1v) is 12.2. The summed E-state index contributed by atoms with van der Waals surface area (Å²) in [5.41, 5.74) is 3.63. The Hall–Kier alpha value is -2.10. The Morgan fingerprint density at radius 2 is 1.56 bits per heavy atom. The molecule has 0 saturated heterocycles. The molecule has 3 heteroatoms. The Labute approximate surface area is 195 Å². The van der Waals surface area contributed by atoms with Crippen molar-refractivity contribution in [3.05, 3.63) is 77.9 Å². The second-order valence-electron chi connectivity index (χ2n) is 8.74. The first-order chi connectivity index (χ1) is 15.6. The maximum Gasteiger partial charge on any atom is 0.147 e. The van der Waals surface area contributed by atoms with Crippen molar-refractivity contribution in [1.82, 2.24) is 0 Å². The van der Waals surface area contributed by atoms with Gasteiger partial charge in [0.05, 0.1) is 19.8 Å². The van der Waals surface area contributed by atoms with Gasteiger partial charge in [0.25, 0.3) is 0 Å². The van der Waals surface area contributed by atoms with Crippen LogP contribution in [0.1, 0.15) is 69.9 Å². The number of rotatable bonds is 17. The van der Waals surface area contributed by atoms with Crippen LogP contribution in [-0.2, 0) is 22.5 Å². The zero-order valence-electron chi connectivity index (χ0n) is 20.4. The zero-order valence-corrected chi connectivity index (χ0v) is 20.4. The van der Waals surface area contributed by atoms with Gasteiger partial charge < -0.3 is 14.2 Å². The van der Waals surface area contributed by atoms with Gasteiger partial charge >= 0.3 is 0 Å². The lowest BCUT2D eigenvalue weighted by Gasteiger charge is -2.27. The number of methoxy groups -OCH3 is 1. The fourth-order valence-corrected chi connectivity index (χ4v) is 4.05. The minimum atomic E-state index is 0.00159. The molecule has 2 rings (SSSR count). The highest BCUT2D eigenvalue weighted by Gasteiger charge is 2.21. The van der Waals surface area contributed by atoms with Crippen LogP contribution in [0.2, 0.25) is 0 Å². The Morgan fingerprint density at radius 3 is 2.25 bits per heavy atom. The van der Waals surface area contributed by atoms with Crippen LogP contribution < -0.4 is 4.74 Å². The topological polar surface area (TPSA) is 27.7 Å². The molecule has 0 bridgehead atoms. The van der Waals surface area contributed by atoms with E-state index in [4.69, 9.17) is 14.2 Å². The summed E-state index contributed by atoms with van der Waals surface area (Å²) in [6.07, 6.45) is 9.74. The molecule has 2 aromatic rings. The van der Waals surface area contributed by atoms with E-state index < -0.39 is 0 Å². The van der Waals surface area contributed by atoms with Crippen molar-refractivity contribution in [3.63, 3.8) is 0 Å². The van der Waals surface area contributed by atoms with Gasteiger partial charge in [-0.25, -0.2) is 0 Å². The fourth-order valence-electron chi connectivity index (χ4n) is 4.05. The molecule has 0 heterocycles. The second kappa shape index (κ2) is 15.7. The Balaban J connectivity index is 1.84. The predicted octanol–water partition coefficient (Wildman–Crippen LogP) is 7.74. The van der Waals surface area contributed by atoms with E-state index in [1.165, 1.54) is 49.7 Å². The lowest BCUT2D eigenvalue weighted by molar-refractivity contribution is -0.0988. The van der Waals surface area contributed by atoms with Crippen LogP contribution >= 0.6 is 0 Å². The standard InChI is InChI=1S/C29H42O3/c1-5-6-7-8-9-11-14-24(2)29(25(3)21-26-15-12-10-13-16-26)32-23-31-22-27-17-19-28(30-4)20-18-27/h10,12-13,15-20,25,29H,2,5-9,11,14,21-23H2,1,3-4H3/t25-,29-/m1/s1. The molecule has 0 aliphatic carbocycles. The summed E-state index contributed by atoms with van der Waals surface area (Å²) in [5.74, 6) is 1.19. The average molecular weight is 439 g/mol. The summed E-state index contributed by atoms with van der Waals surface area (Å²) in [6, 6.07) is 18.6. The normalized spacial score (nSPS) is 13.0. The lowest BCUT2D eigenvalue weighted by Crippen LogP contribution is -2.27. The molecular formula is C29H42O3. The third-order valence-electron chi connectivity index (χ3n) is 5.93. The van der Waals surface area contributed by atoms with Gasteiger partial charge in [0, 0.05) is 0 Å². The SMILES string of the molecule is C=C(CCCCCCCC)[C@@H](OCOCc1ccc(OC)cc1)[C@H](C)Cc1ccccc1. The van der Waals surface area contributed by atoms with Gasteiger partial charge in [-0.15, -0.1) is 0 Å². The molecule has 0 spiro atoms. The summed E-state index contributed by atoms with van der Waals surface area (Å²) in [5, 5.41) is 0. The Kier molecular flexibility index (Phi) is 12.8. The third kappa shape index (κ3) is 10.0. The van der Waals surface area contributed by atoms with Crippen molar-refractivity contribution in [3.8, 4) is 5.75 Å². The third-order valence-corrected chi connectivity index (χ3v) is 5.93. The van der Waals surface area contributed by atoms with Gasteiger partial charge in [-0.2, -0.15) is 0 Å². The van der Waals surface area contributed by atoms with Crippen molar-refractivity contribution in [1.29, 1.82) is 0 Å². The highest BCUT2D eigenvalue weighted by atomic mass is 16.7. The van der Waals surface area contributed by atoms with E-state index in [9.17, 15) is 0 Å².